The van der Waals surface area contributed by atoms with Crippen molar-refractivity contribution in [2.75, 3.05) is 24.5 Å². The lowest BCUT2D eigenvalue weighted by Gasteiger charge is -2.20. The molecule has 0 saturated carbocycles. The van der Waals surface area contributed by atoms with Crippen LogP contribution in [0.5, 0.6) is 0 Å². The van der Waals surface area contributed by atoms with Gasteiger partial charge in [-0.3, -0.25) is 4.79 Å². The number of nitrogens with two attached hydrogens (primary N) is 1. The zero-order valence-electron chi connectivity index (χ0n) is 16.4. The van der Waals surface area contributed by atoms with Crippen LogP contribution in [0.1, 0.15) is 29.3 Å². The average molecular weight is 528 g/mol. The van der Waals surface area contributed by atoms with E-state index >= 15 is 0 Å². The van der Waals surface area contributed by atoms with Gasteiger partial charge < -0.3 is 21.3 Å². The highest BCUT2D eigenvalue weighted by atomic mass is 127. The number of hydrogen-bond acceptors (Lipinski definition) is 3. The second kappa shape index (κ2) is 11.3. The largest absolute Gasteiger partial charge is 0.369 e. The standard InChI is InChI=1S/C21H26ClN5O.HI/c1-2-24-21(25-13-15-6-8-16(9-7-15)20(23)28)26-18-10-11-27(14-18)19-5-3-4-17(22)12-19;/h3-9,12,18H,2,10-11,13-14H2,1H3,(H2,23,28)(H2,24,25,26);1H. The van der Waals surface area contributed by atoms with E-state index in [2.05, 4.69) is 26.6 Å². The molecule has 1 unspecified atom stereocenters. The molecule has 0 aliphatic carbocycles. The van der Waals surface area contributed by atoms with Crippen molar-refractivity contribution in [2.45, 2.75) is 25.9 Å². The number of anilines is 1. The fourth-order valence-corrected chi connectivity index (χ4v) is 3.43. The van der Waals surface area contributed by atoms with Gasteiger partial charge in [-0.05, 0) is 49.2 Å². The van der Waals surface area contributed by atoms with Crippen LogP contribution in [0.3, 0.4) is 0 Å². The third kappa shape index (κ3) is 6.78. The topological polar surface area (TPSA) is 82.7 Å². The Bertz CT molecular complexity index is 843. The first kappa shape index (κ1) is 23.3. The van der Waals surface area contributed by atoms with E-state index in [9.17, 15) is 4.79 Å². The Morgan fingerprint density at radius 2 is 2.03 bits per heavy atom. The molecule has 8 heteroatoms. The minimum absolute atomic E-state index is 0. The summed E-state index contributed by atoms with van der Waals surface area (Å²) in [5.41, 5.74) is 7.95. The van der Waals surface area contributed by atoms with Crippen molar-refractivity contribution in [2.24, 2.45) is 10.7 Å². The highest BCUT2D eigenvalue weighted by molar-refractivity contribution is 14.0. The summed E-state index contributed by atoms with van der Waals surface area (Å²) >= 11 is 6.11. The average Bonchev–Trinajstić information content (AvgIpc) is 3.15. The molecule has 2 aromatic rings. The van der Waals surface area contributed by atoms with Crippen LogP contribution >= 0.6 is 35.6 Å². The number of guanidine groups is 1. The smallest absolute Gasteiger partial charge is 0.248 e. The molecule has 3 rings (SSSR count). The Balaban J connectivity index is 0.00000300. The first-order valence-electron chi connectivity index (χ1n) is 9.49. The Hall–Kier alpha value is -2.00. The first-order chi connectivity index (χ1) is 13.5. The van der Waals surface area contributed by atoms with Gasteiger partial charge in [0.25, 0.3) is 0 Å². The Kier molecular flexibility index (Phi) is 9.03. The second-order valence-corrected chi connectivity index (χ2v) is 7.25. The van der Waals surface area contributed by atoms with Crippen molar-refractivity contribution in [1.29, 1.82) is 0 Å². The van der Waals surface area contributed by atoms with Crippen molar-refractivity contribution in [3.05, 3.63) is 64.7 Å². The van der Waals surface area contributed by atoms with Crippen LogP contribution < -0.4 is 21.3 Å². The van der Waals surface area contributed by atoms with E-state index in [1.54, 1.807) is 12.1 Å². The number of carbonyl (C=O) groups is 1. The van der Waals surface area contributed by atoms with Crippen LogP contribution in [0.15, 0.2) is 53.5 Å². The number of hydrogen-bond donors (Lipinski definition) is 3. The molecule has 4 N–H and O–H groups in total. The molecule has 2 aromatic carbocycles. The van der Waals surface area contributed by atoms with Gasteiger partial charge in [-0.15, -0.1) is 24.0 Å². The number of nitrogens with zero attached hydrogens (tertiary/aromatic N) is 2. The summed E-state index contributed by atoms with van der Waals surface area (Å²) < 4.78 is 0. The molecule has 29 heavy (non-hydrogen) atoms. The maximum Gasteiger partial charge on any atom is 0.248 e. The molecular formula is C21H27ClIN5O. The Morgan fingerprint density at radius 3 is 2.69 bits per heavy atom. The van der Waals surface area contributed by atoms with E-state index in [0.717, 1.165) is 48.3 Å². The molecule has 0 aromatic heterocycles. The van der Waals surface area contributed by atoms with Gasteiger partial charge in [-0.1, -0.05) is 29.8 Å². The van der Waals surface area contributed by atoms with Crippen LogP contribution in [0.4, 0.5) is 5.69 Å². The molecule has 1 aliphatic rings. The zero-order chi connectivity index (χ0) is 19.9. The molecule has 1 heterocycles. The van der Waals surface area contributed by atoms with Crippen molar-refractivity contribution in [3.63, 3.8) is 0 Å². The van der Waals surface area contributed by atoms with Crippen molar-refractivity contribution in [3.8, 4) is 0 Å². The van der Waals surface area contributed by atoms with Crippen molar-refractivity contribution >= 4 is 53.1 Å². The van der Waals surface area contributed by atoms with Crippen molar-refractivity contribution in [1.82, 2.24) is 10.6 Å². The van der Waals surface area contributed by atoms with E-state index in [1.165, 1.54) is 0 Å². The second-order valence-electron chi connectivity index (χ2n) is 6.81. The molecule has 1 fully saturated rings. The lowest BCUT2D eigenvalue weighted by atomic mass is 10.1. The van der Waals surface area contributed by atoms with E-state index in [4.69, 9.17) is 17.3 Å². The summed E-state index contributed by atoms with van der Waals surface area (Å²) in [4.78, 5) is 18.2. The number of nitrogens with one attached hydrogen (secondary N) is 2. The van der Waals surface area contributed by atoms with Gasteiger partial charge in [0.05, 0.1) is 6.54 Å². The molecule has 1 aliphatic heterocycles. The maximum absolute atomic E-state index is 11.2. The molecule has 1 atom stereocenters. The van der Waals surface area contributed by atoms with Crippen LogP contribution in [-0.4, -0.2) is 37.5 Å². The fraction of sp³-hybridized carbons (Fsp3) is 0.333. The van der Waals surface area contributed by atoms with Crippen LogP contribution in [-0.2, 0) is 6.54 Å². The number of halogens is 2. The summed E-state index contributed by atoms with van der Waals surface area (Å²) in [6.45, 7) is 5.24. The highest BCUT2D eigenvalue weighted by Crippen LogP contribution is 2.23. The van der Waals surface area contributed by atoms with Gasteiger partial charge >= 0.3 is 0 Å². The molecule has 6 nitrogen and oxygen atoms in total. The third-order valence-electron chi connectivity index (χ3n) is 4.70. The van der Waals surface area contributed by atoms with Crippen LogP contribution in [0, 0.1) is 0 Å². The van der Waals surface area contributed by atoms with E-state index < -0.39 is 5.91 Å². The van der Waals surface area contributed by atoms with Gasteiger partial charge in [-0.25, -0.2) is 4.99 Å². The third-order valence-corrected chi connectivity index (χ3v) is 4.94. The molecule has 0 spiro atoms. The van der Waals surface area contributed by atoms with Crippen LogP contribution in [0.2, 0.25) is 5.02 Å². The van der Waals surface area contributed by atoms with Gasteiger partial charge in [0.1, 0.15) is 0 Å². The SMILES string of the molecule is CCNC(=NCc1ccc(C(N)=O)cc1)NC1CCN(c2cccc(Cl)c2)C1.I. The predicted octanol–water partition coefficient (Wildman–Crippen LogP) is 3.39. The molecular weight excluding hydrogens is 501 g/mol. The molecule has 156 valence electrons. The number of amides is 1. The van der Waals surface area contributed by atoms with Crippen LogP contribution in [0.25, 0.3) is 0 Å². The number of benzene rings is 2. The van der Waals surface area contributed by atoms with Gasteiger partial charge in [-0.2, -0.15) is 0 Å². The Labute approximate surface area is 193 Å². The Morgan fingerprint density at radius 1 is 1.28 bits per heavy atom. The number of carbonyl (C=O) groups excluding carboxylic acids is 1. The molecule has 1 amide bonds. The first-order valence-corrected chi connectivity index (χ1v) is 9.87. The van der Waals surface area contributed by atoms with Crippen molar-refractivity contribution < 1.29 is 4.79 Å². The lowest BCUT2D eigenvalue weighted by molar-refractivity contribution is 0.100. The monoisotopic (exact) mass is 527 g/mol. The normalized spacial score (nSPS) is 16.3. The summed E-state index contributed by atoms with van der Waals surface area (Å²) in [5, 5.41) is 7.58. The number of rotatable bonds is 6. The van der Waals surface area contributed by atoms with Gasteiger partial charge in [0.15, 0.2) is 5.96 Å². The maximum atomic E-state index is 11.2. The predicted molar refractivity (Wildman–Crippen MR) is 130 cm³/mol. The number of primary amides is 1. The molecule has 0 radical (unpaired) electrons. The molecule has 0 bridgehead atoms. The molecule has 1 saturated heterocycles. The zero-order valence-corrected chi connectivity index (χ0v) is 19.5. The van der Waals surface area contributed by atoms with Gasteiger partial charge in [0.2, 0.25) is 5.91 Å². The summed E-state index contributed by atoms with van der Waals surface area (Å²) in [5.74, 6) is 0.370. The van der Waals surface area contributed by atoms with E-state index in [0.29, 0.717) is 18.2 Å². The fourth-order valence-electron chi connectivity index (χ4n) is 3.24. The van der Waals surface area contributed by atoms with Gasteiger partial charge in [0, 0.05) is 41.9 Å². The minimum atomic E-state index is -0.421. The summed E-state index contributed by atoms with van der Waals surface area (Å²) in [6.07, 6.45) is 1.03. The highest BCUT2D eigenvalue weighted by Gasteiger charge is 2.23. The number of aliphatic imine (C=N–C) groups is 1. The summed E-state index contributed by atoms with van der Waals surface area (Å²) in [6, 6.07) is 15.5. The lowest BCUT2D eigenvalue weighted by Crippen LogP contribution is -2.44. The van der Waals surface area contributed by atoms with E-state index in [1.807, 2.05) is 37.3 Å². The van der Waals surface area contributed by atoms with E-state index in [-0.39, 0.29) is 24.0 Å². The minimum Gasteiger partial charge on any atom is -0.369 e. The quantitative estimate of drug-likeness (QED) is 0.306. The summed E-state index contributed by atoms with van der Waals surface area (Å²) in [7, 11) is 0.